The van der Waals surface area contributed by atoms with Gasteiger partial charge in [0.15, 0.2) is 0 Å². The zero-order valence-electron chi connectivity index (χ0n) is 10.1. The Morgan fingerprint density at radius 1 is 1.06 bits per heavy atom. The molecule has 2 aromatic rings. The summed E-state index contributed by atoms with van der Waals surface area (Å²) in [5.74, 6) is -1.14. The van der Waals surface area contributed by atoms with E-state index in [2.05, 4.69) is 5.32 Å². The third kappa shape index (κ3) is 2.88. The van der Waals surface area contributed by atoms with Crippen LogP contribution in [0.25, 0.3) is 0 Å². The average molecular weight is 240 g/mol. The van der Waals surface area contributed by atoms with Crippen molar-refractivity contribution >= 4 is 11.7 Å². The molecule has 3 nitrogen and oxygen atoms in total. The first-order valence-electron chi connectivity index (χ1n) is 5.76. The van der Waals surface area contributed by atoms with Crippen LogP contribution in [0, 0.1) is 6.92 Å². The number of carbonyl (C=O) groups is 1. The number of hydrogen-bond donors (Lipinski definition) is 1. The molecule has 0 unspecified atom stereocenters. The Bertz CT molecular complexity index is 520. The Labute approximate surface area is 106 Å². The maximum Gasteiger partial charge on any atom is 0.0912 e. The number of rotatable bonds is 4. The van der Waals surface area contributed by atoms with Crippen LogP contribution >= 0.6 is 0 Å². The number of aliphatic carboxylic acids is 1. The summed E-state index contributed by atoms with van der Waals surface area (Å²) < 4.78 is 0. The number of hydrogen-bond acceptors (Lipinski definition) is 3. The van der Waals surface area contributed by atoms with Crippen molar-refractivity contribution < 1.29 is 9.90 Å². The molecule has 0 fully saturated rings. The summed E-state index contributed by atoms with van der Waals surface area (Å²) in [6.07, 6.45) is 0. The number of carboxylic acid groups (broad SMARTS) is 1. The molecule has 0 radical (unpaired) electrons. The molecule has 18 heavy (non-hydrogen) atoms. The van der Waals surface area contributed by atoms with Crippen molar-refractivity contribution in [3.05, 3.63) is 65.7 Å². The van der Waals surface area contributed by atoms with E-state index in [1.54, 1.807) is 12.1 Å². The highest BCUT2D eigenvalue weighted by Crippen LogP contribution is 2.19. The fraction of sp³-hybridized carbons (Fsp3) is 0.133. The van der Waals surface area contributed by atoms with Gasteiger partial charge in [-0.15, -0.1) is 0 Å². The molecule has 1 atom stereocenters. The molecule has 1 N–H and O–H groups in total. The quantitative estimate of drug-likeness (QED) is 0.888. The molecule has 2 aromatic carbocycles. The van der Waals surface area contributed by atoms with Gasteiger partial charge < -0.3 is 15.2 Å². The van der Waals surface area contributed by atoms with Crippen molar-refractivity contribution in [1.82, 2.24) is 0 Å². The molecule has 0 aliphatic rings. The second kappa shape index (κ2) is 5.36. The van der Waals surface area contributed by atoms with E-state index in [1.165, 1.54) is 0 Å². The van der Waals surface area contributed by atoms with Gasteiger partial charge in [0, 0.05) is 5.69 Å². The van der Waals surface area contributed by atoms with Gasteiger partial charge in [-0.3, -0.25) is 0 Å². The summed E-state index contributed by atoms with van der Waals surface area (Å²) in [6.45, 7) is 1.96. The highest BCUT2D eigenvalue weighted by Gasteiger charge is 2.11. The van der Waals surface area contributed by atoms with Gasteiger partial charge in [-0.1, -0.05) is 48.0 Å². The molecule has 0 saturated heterocycles. The number of anilines is 1. The summed E-state index contributed by atoms with van der Waals surface area (Å²) in [5.41, 5.74) is 2.53. The van der Waals surface area contributed by atoms with Crippen molar-refractivity contribution in [2.45, 2.75) is 13.0 Å². The predicted octanol–water partition coefficient (Wildman–Crippen LogP) is 1.90. The number of carbonyl (C=O) groups excluding carboxylic acids is 1. The van der Waals surface area contributed by atoms with Gasteiger partial charge in [0.05, 0.1) is 12.0 Å². The van der Waals surface area contributed by atoms with Crippen LogP contribution in [0.3, 0.4) is 0 Å². The normalized spacial score (nSPS) is 11.8. The summed E-state index contributed by atoms with van der Waals surface area (Å²) in [7, 11) is 0. The lowest BCUT2D eigenvalue weighted by atomic mass is 10.0. The zero-order valence-corrected chi connectivity index (χ0v) is 10.1. The Morgan fingerprint density at radius 3 is 2.22 bits per heavy atom. The molecule has 2 rings (SSSR count). The van der Waals surface area contributed by atoms with Crippen LogP contribution < -0.4 is 10.4 Å². The third-order valence-electron chi connectivity index (χ3n) is 2.73. The molecule has 0 heterocycles. The first-order chi connectivity index (χ1) is 8.66. The molecule has 0 aliphatic carbocycles. The lowest BCUT2D eigenvalue weighted by Crippen LogP contribution is -2.34. The molecule has 0 saturated carbocycles. The zero-order chi connectivity index (χ0) is 13.0. The lowest BCUT2D eigenvalue weighted by Gasteiger charge is -2.21. The second-order valence-electron chi connectivity index (χ2n) is 4.17. The number of aryl methyl sites for hydroxylation is 1. The monoisotopic (exact) mass is 240 g/mol. The molecule has 0 bridgehead atoms. The van der Waals surface area contributed by atoms with Gasteiger partial charge in [-0.25, -0.2) is 0 Å². The third-order valence-corrected chi connectivity index (χ3v) is 2.73. The van der Waals surface area contributed by atoms with Crippen LogP contribution in [0.5, 0.6) is 0 Å². The second-order valence-corrected chi connectivity index (χ2v) is 4.17. The minimum absolute atomic E-state index is 0.685. The van der Waals surface area contributed by atoms with E-state index in [0.717, 1.165) is 11.3 Å². The maximum atomic E-state index is 11.2. The SMILES string of the molecule is Cc1ccc([C@H](Nc2ccccc2)C(=O)[O-])cc1. The average Bonchev–Trinajstić information content (AvgIpc) is 2.38. The molecule has 0 spiro atoms. The predicted molar refractivity (Wildman–Crippen MR) is 69.0 cm³/mol. The van der Waals surface area contributed by atoms with E-state index < -0.39 is 12.0 Å². The number of nitrogens with one attached hydrogen (secondary N) is 1. The van der Waals surface area contributed by atoms with Crippen LogP contribution in [0.15, 0.2) is 54.6 Å². The number of para-hydroxylation sites is 1. The van der Waals surface area contributed by atoms with Gasteiger partial charge >= 0.3 is 0 Å². The van der Waals surface area contributed by atoms with Gasteiger partial charge in [-0.2, -0.15) is 0 Å². The van der Waals surface area contributed by atoms with Crippen molar-refractivity contribution in [3.63, 3.8) is 0 Å². The van der Waals surface area contributed by atoms with E-state index >= 15 is 0 Å². The van der Waals surface area contributed by atoms with Crippen LogP contribution in [0.4, 0.5) is 5.69 Å². The van der Waals surface area contributed by atoms with E-state index in [9.17, 15) is 9.90 Å². The maximum absolute atomic E-state index is 11.2. The van der Waals surface area contributed by atoms with Gasteiger partial charge in [0.25, 0.3) is 0 Å². The molecule has 0 aliphatic heterocycles. The molecule has 0 amide bonds. The lowest BCUT2D eigenvalue weighted by molar-refractivity contribution is -0.307. The van der Waals surface area contributed by atoms with E-state index in [4.69, 9.17) is 0 Å². The fourth-order valence-electron chi connectivity index (χ4n) is 1.74. The van der Waals surface area contributed by atoms with Gasteiger partial charge in [0.2, 0.25) is 0 Å². The van der Waals surface area contributed by atoms with Crippen LogP contribution in [-0.4, -0.2) is 5.97 Å². The minimum atomic E-state index is -1.14. The van der Waals surface area contributed by atoms with Gasteiger partial charge in [-0.05, 0) is 24.6 Å². The Balaban J connectivity index is 2.24. The van der Waals surface area contributed by atoms with E-state index in [0.29, 0.717) is 5.56 Å². The van der Waals surface area contributed by atoms with E-state index in [-0.39, 0.29) is 0 Å². The van der Waals surface area contributed by atoms with Crippen molar-refractivity contribution in [1.29, 1.82) is 0 Å². The number of benzene rings is 2. The Kier molecular flexibility index (Phi) is 3.63. The summed E-state index contributed by atoms with van der Waals surface area (Å²) in [4.78, 5) is 11.2. The largest absolute Gasteiger partial charge is 0.548 e. The number of carboxylic acids is 1. The highest BCUT2D eigenvalue weighted by atomic mass is 16.4. The fourth-order valence-corrected chi connectivity index (χ4v) is 1.74. The van der Waals surface area contributed by atoms with Crippen LogP contribution in [0.1, 0.15) is 17.2 Å². The minimum Gasteiger partial charge on any atom is -0.548 e. The summed E-state index contributed by atoms with van der Waals surface area (Å²) >= 11 is 0. The molecule has 0 aromatic heterocycles. The topological polar surface area (TPSA) is 52.2 Å². The molecular weight excluding hydrogens is 226 g/mol. The van der Waals surface area contributed by atoms with Crippen molar-refractivity contribution in [2.75, 3.05) is 5.32 Å². The van der Waals surface area contributed by atoms with Crippen molar-refractivity contribution in [3.8, 4) is 0 Å². The first kappa shape index (κ1) is 12.2. The summed E-state index contributed by atoms with van der Waals surface area (Å²) in [5, 5.41) is 14.2. The standard InChI is InChI=1S/C15H15NO2/c1-11-7-9-12(10-8-11)14(15(17)18)16-13-5-3-2-4-6-13/h2-10,14,16H,1H3,(H,17,18)/p-1/t14-/m0/s1. The molecular formula is C15H14NO2-. The molecule has 92 valence electrons. The first-order valence-corrected chi connectivity index (χ1v) is 5.76. The van der Waals surface area contributed by atoms with Crippen LogP contribution in [-0.2, 0) is 4.79 Å². The highest BCUT2D eigenvalue weighted by molar-refractivity contribution is 5.77. The smallest absolute Gasteiger partial charge is 0.0912 e. The molecule has 3 heteroatoms. The summed E-state index contributed by atoms with van der Waals surface area (Å²) in [6, 6.07) is 15.8. The van der Waals surface area contributed by atoms with Crippen molar-refractivity contribution in [2.24, 2.45) is 0 Å². The Morgan fingerprint density at radius 2 is 1.67 bits per heavy atom. The Hall–Kier alpha value is -2.29. The van der Waals surface area contributed by atoms with E-state index in [1.807, 2.05) is 49.4 Å². The van der Waals surface area contributed by atoms with Crippen LogP contribution in [0.2, 0.25) is 0 Å². The van der Waals surface area contributed by atoms with Gasteiger partial charge in [0.1, 0.15) is 0 Å².